The Labute approximate surface area is 103 Å². The van der Waals surface area contributed by atoms with Crippen LogP contribution >= 0.6 is 11.8 Å². The van der Waals surface area contributed by atoms with E-state index < -0.39 is 0 Å². The van der Waals surface area contributed by atoms with Crippen LogP contribution in [0, 0.1) is 11.8 Å². The largest absolute Gasteiger partial charge is 0.399 e. The highest BCUT2D eigenvalue weighted by atomic mass is 32.2. The Kier molecular flexibility index (Phi) is 3.80. The zero-order chi connectivity index (χ0) is 11.5. The number of rotatable bonds is 2. The Balaban J connectivity index is 1.93. The standard InChI is InChI=1S/C14H21NS/c1-10-3-6-14(9-11(10)2)16-13-7-4-12(15)5-8-13/h4-5,7-8,10-11,14H,3,6,9,15H2,1-2H3. The van der Waals surface area contributed by atoms with Crippen LogP contribution in [0.25, 0.3) is 0 Å². The van der Waals surface area contributed by atoms with Crippen LogP contribution in [0.5, 0.6) is 0 Å². The van der Waals surface area contributed by atoms with E-state index in [0.717, 1.165) is 22.8 Å². The molecule has 1 nitrogen and oxygen atoms in total. The minimum atomic E-state index is 0.801. The summed E-state index contributed by atoms with van der Waals surface area (Å²) in [5.41, 5.74) is 6.55. The number of hydrogen-bond donors (Lipinski definition) is 1. The summed E-state index contributed by atoms with van der Waals surface area (Å²) < 4.78 is 0. The molecule has 3 atom stereocenters. The molecule has 0 heterocycles. The Bertz CT molecular complexity index is 333. The summed E-state index contributed by atoms with van der Waals surface area (Å²) >= 11 is 2.02. The van der Waals surface area contributed by atoms with Gasteiger partial charge < -0.3 is 5.73 Å². The Morgan fingerprint density at radius 3 is 2.38 bits per heavy atom. The van der Waals surface area contributed by atoms with Crippen molar-refractivity contribution in [3.8, 4) is 0 Å². The number of thioether (sulfide) groups is 1. The van der Waals surface area contributed by atoms with Crippen LogP contribution in [-0.4, -0.2) is 5.25 Å². The molecule has 0 radical (unpaired) electrons. The first kappa shape index (κ1) is 11.8. The predicted octanol–water partition coefficient (Wildman–Crippen LogP) is 4.19. The molecule has 0 amide bonds. The van der Waals surface area contributed by atoms with Crippen LogP contribution in [0.15, 0.2) is 29.2 Å². The third-order valence-electron chi connectivity index (χ3n) is 3.73. The van der Waals surface area contributed by atoms with Gasteiger partial charge in [0.25, 0.3) is 0 Å². The van der Waals surface area contributed by atoms with Gasteiger partial charge in [-0.3, -0.25) is 0 Å². The van der Waals surface area contributed by atoms with Crippen molar-refractivity contribution in [2.45, 2.75) is 43.3 Å². The van der Waals surface area contributed by atoms with Crippen molar-refractivity contribution >= 4 is 17.4 Å². The van der Waals surface area contributed by atoms with Gasteiger partial charge in [-0.15, -0.1) is 11.8 Å². The highest BCUT2D eigenvalue weighted by Gasteiger charge is 2.24. The second kappa shape index (κ2) is 5.13. The van der Waals surface area contributed by atoms with E-state index in [1.54, 1.807) is 0 Å². The topological polar surface area (TPSA) is 26.0 Å². The predicted molar refractivity (Wildman–Crippen MR) is 72.7 cm³/mol. The molecule has 2 rings (SSSR count). The summed E-state index contributed by atoms with van der Waals surface area (Å²) in [6.07, 6.45) is 4.10. The molecule has 2 heteroatoms. The lowest BCUT2D eigenvalue weighted by Crippen LogP contribution is -2.22. The Morgan fingerprint density at radius 1 is 1.06 bits per heavy atom. The highest BCUT2D eigenvalue weighted by Crippen LogP contribution is 2.38. The molecule has 2 N–H and O–H groups in total. The van der Waals surface area contributed by atoms with E-state index >= 15 is 0 Å². The van der Waals surface area contributed by atoms with Crippen molar-refractivity contribution in [2.75, 3.05) is 5.73 Å². The maximum Gasteiger partial charge on any atom is 0.0314 e. The number of anilines is 1. The van der Waals surface area contributed by atoms with Gasteiger partial charge in [0, 0.05) is 15.8 Å². The summed E-state index contributed by atoms with van der Waals surface area (Å²) in [4.78, 5) is 1.36. The maximum absolute atomic E-state index is 5.69. The quantitative estimate of drug-likeness (QED) is 0.778. The molecular formula is C14H21NS. The van der Waals surface area contributed by atoms with E-state index in [1.807, 2.05) is 23.9 Å². The molecule has 1 fully saturated rings. The van der Waals surface area contributed by atoms with Gasteiger partial charge in [0.15, 0.2) is 0 Å². The van der Waals surface area contributed by atoms with Crippen LogP contribution < -0.4 is 5.73 Å². The molecule has 0 spiro atoms. The van der Waals surface area contributed by atoms with E-state index in [2.05, 4.69) is 26.0 Å². The first-order valence-electron chi connectivity index (χ1n) is 6.17. The van der Waals surface area contributed by atoms with Gasteiger partial charge in [-0.25, -0.2) is 0 Å². The van der Waals surface area contributed by atoms with Crippen molar-refractivity contribution in [1.29, 1.82) is 0 Å². The van der Waals surface area contributed by atoms with Crippen molar-refractivity contribution in [2.24, 2.45) is 11.8 Å². The zero-order valence-electron chi connectivity index (χ0n) is 10.1. The molecule has 1 aromatic carbocycles. The van der Waals surface area contributed by atoms with Gasteiger partial charge >= 0.3 is 0 Å². The third kappa shape index (κ3) is 2.94. The minimum absolute atomic E-state index is 0.801. The smallest absolute Gasteiger partial charge is 0.0314 e. The lowest BCUT2D eigenvalue weighted by atomic mass is 9.81. The number of nitrogen functional groups attached to an aromatic ring is 1. The number of hydrogen-bond acceptors (Lipinski definition) is 2. The van der Waals surface area contributed by atoms with E-state index in [1.165, 1.54) is 24.2 Å². The molecule has 1 saturated carbocycles. The molecule has 88 valence electrons. The monoisotopic (exact) mass is 235 g/mol. The SMILES string of the molecule is CC1CCC(Sc2ccc(N)cc2)CC1C. The molecule has 0 saturated heterocycles. The van der Waals surface area contributed by atoms with Gasteiger partial charge in [-0.2, -0.15) is 0 Å². The second-order valence-electron chi connectivity index (χ2n) is 5.08. The molecule has 16 heavy (non-hydrogen) atoms. The fourth-order valence-corrected chi connectivity index (χ4v) is 3.68. The summed E-state index contributed by atoms with van der Waals surface area (Å²) in [7, 11) is 0. The summed E-state index contributed by atoms with van der Waals surface area (Å²) in [6, 6.07) is 8.28. The molecule has 0 bridgehead atoms. The van der Waals surface area contributed by atoms with Gasteiger partial charge in [-0.05, 0) is 55.4 Å². The Hall–Kier alpha value is -0.630. The van der Waals surface area contributed by atoms with Crippen molar-refractivity contribution in [1.82, 2.24) is 0 Å². The average molecular weight is 235 g/mol. The van der Waals surface area contributed by atoms with Gasteiger partial charge in [0.2, 0.25) is 0 Å². The molecule has 3 unspecified atom stereocenters. The second-order valence-corrected chi connectivity index (χ2v) is 6.45. The van der Waals surface area contributed by atoms with Crippen molar-refractivity contribution in [3.63, 3.8) is 0 Å². The number of benzene rings is 1. The fourth-order valence-electron chi connectivity index (χ4n) is 2.34. The van der Waals surface area contributed by atoms with Crippen LogP contribution in [0.3, 0.4) is 0 Å². The molecule has 1 aliphatic carbocycles. The fraction of sp³-hybridized carbons (Fsp3) is 0.571. The van der Waals surface area contributed by atoms with E-state index in [-0.39, 0.29) is 0 Å². The lowest BCUT2D eigenvalue weighted by Gasteiger charge is -2.31. The average Bonchev–Trinajstić information content (AvgIpc) is 2.27. The van der Waals surface area contributed by atoms with Crippen LogP contribution in [0.4, 0.5) is 5.69 Å². The molecule has 1 aliphatic rings. The molecule has 0 aliphatic heterocycles. The van der Waals surface area contributed by atoms with Crippen LogP contribution in [0.2, 0.25) is 0 Å². The van der Waals surface area contributed by atoms with Crippen molar-refractivity contribution in [3.05, 3.63) is 24.3 Å². The van der Waals surface area contributed by atoms with Crippen LogP contribution in [-0.2, 0) is 0 Å². The summed E-state index contributed by atoms with van der Waals surface area (Å²) in [6.45, 7) is 4.77. The number of nitrogens with two attached hydrogens (primary N) is 1. The van der Waals surface area contributed by atoms with Crippen LogP contribution in [0.1, 0.15) is 33.1 Å². The zero-order valence-corrected chi connectivity index (χ0v) is 11.0. The van der Waals surface area contributed by atoms with E-state index in [4.69, 9.17) is 5.73 Å². The first-order valence-corrected chi connectivity index (χ1v) is 7.05. The normalized spacial score (nSPS) is 30.2. The Morgan fingerprint density at radius 2 is 1.75 bits per heavy atom. The lowest BCUT2D eigenvalue weighted by molar-refractivity contribution is 0.283. The highest BCUT2D eigenvalue weighted by molar-refractivity contribution is 8.00. The van der Waals surface area contributed by atoms with Crippen molar-refractivity contribution < 1.29 is 0 Å². The molecule has 0 aromatic heterocycles. The first-order chi connectivity index (χ1) is 7.65. The molecule has 1 aromatic rings. The summed E-state index contributed by atoms with van der Waals surface area (Å²) in [5, 5.41) is 0.801. The van der Waals surface area contributed by atoms with E-state index in [9.17, 15) is 0 Å². The van der Waals surface area contributed by atoms with Gasteiger partial charge in [-0.1, -0.05) is 13.8 Å². The van der Waals surface area contributed by atoms with E-state index in [0.29, 0.717) is 0 Å². The van der Waals surface area contributed by atoms with Gasteiger partial charge in [0.05, 0.1) is 0 Å². The molecular weight excluding hydrogens is 214 g/mol. The maximum atomic E-state index is 5.69. The minimum Gasteiger partial charge on any atom is -0.399 e. The van der Waals surface area contributed by atoms with Gasteiger partial charge in [0.1, 0.15) is 0 Å². The summed E-state index contributed by atoms with van der Waals surface area (Å²) in [5.74, 6) is 1.78. The third-order valence-corrected chi connectivity index (χ3v) is 5.04.